The van der Waals surface area contributed by atoms with Gasteiger partial charge in [0.05, 0.1) is 6.61 Å². The molecular weight excluding hydrogens is 130 g/mol. The average molecular weight is 147 g/mol. The molecule has 0 aromatic carbocycles. The van der Waals surface area contributed by atoms with E-state index in [-0.39, 0.29) is 0 Å². The normalized spacial score (nSPS) is 10.8. The van der Waals surface area contributed by atoms with Crippen molar-refractivity contribution in [3.05, 3.63) is 0 Å². The summed E-state index contributed by atoms with van der Waals surface area (Å²) in [5.74, 6) is 0. The molecule has 3 nitrogen and oxygen atoms in total. The Balaban J connectivity index is 2.89. The third-order valence-corrected chi connectivity index (χ3v) is 1.36. The van der Waals surface area contributed by atoms with E-state index in [1.54, 1.807) is 7.11 Å². The molecule has 0 rings (SSSR count). The molecule has 0 atom stereocenters. The molecule has 0 aliphatic heterocycles. The first-order valence-electron chi connectivity index (χ1n) is 3.56. The maximum atomic E-state index is 5.09. The van der Waals surface area contributed by atoms with Crippen LogP contribution in [0.1, 0.15) is 6.92 Å². The molecule has 0 aromatic heterocycles. The summed E-state index contributed by atoms with van der Waals surface area (Å²) in [5.41, 5.74) is 0. The zero-order valence-corrected chi connectivity index (χ0v) is 7.09. The maximum Gasteiger partial charge on any atom is 0.146 e. The number of hydrogen-bond donors (Lipinski definition) is 0. The number of hydrogen-bond acceptors (Lipinski definition) is 3. The van der Waals surface area contributed by atoms with Crippen LogP contribution in [0.15, 0.2) is 0 Å². The minimum atomic E-state index is 0.400. The fraction of sp³-hybridized carbons (Fsp3) is 1.00. The third-order valence-electron chi connectivity index (χ3n) is 1.36. The van der Waals surface area contributed by atoms with E-state index < -0.39 is 0 Å². The lowest BCUT2D eigenvalue weighted by molar-refractivity contribution is -0.0348. The molecule has 0 aliphatic carbocycles. The molecule has 0 aromatic rings. The van der Waals surface area contributed by atoms with Gasteiger partial charge in [-0.05, 0) is 13.6 Å². The summed E-state index contributed by atoms with van der Waals surface area (Å²) in [7, 11) is 3.69. The van der Waals surface area contributed by atoms with Crippen LogP contribution in [-0.4, -0.2) is 45.5 Å². The van der Waals surface area contributed by atoms with Crippen molar-refractivity contribution in [2.75, 3.05) is 40.6 Å². The van der Waals surface area contributed by atoms with Crippen LogP contribution in [0.25, 0.3) is 0 Å². The van der Waals surface area contributed by atoms with Crippen molar-refractivity contribution in [2.45, 2.75) is 6.92 Å². The molecule has 0 saturated heterocycles. The highest BCUT2D eigenvalue weighted by Crippen LogP contribution is 1.81. The lowest BCUT2D eigenvalue weighted by atomic mass is 10.5. The van der Waals surface area contributed by atoms with Gasteiger partial charge in [-0.15, -0.1) is 0 Å². The average Bonchev–Trinajstić information content (AvgIpc) is 1.98. The smallest absolute Gasteiger partial charge is 0.146 e. The first-order valence-corrected chi connectivity index (χ1v) is 3.56. The first kappa shape index (κ1) is 9.88. The van der Waals surface area contributed by atoms with Crippen LogP contribution in [0.5, 0.6) is 0 Å². The fourth-order valence-electron chi connectivity index (χ4n) is 0.521. The van der Waals surface area contributed by atoms with Gasteiger partial charge in [-0.2, -0.15) is 0 Å². The van der Waals surface area contributed by atoms with E-state index in [4.69, 9.17) is 9.47 Å². The van der Waals surface area contributed by atoms with Crippen molar-refractivity contribution >= 4 is 0 Å². The SMILES string of the molecule is CCN(C)CCOCOC. The molecule has 0 N–H and O–H groups in total. The third kappa shape index (κ3) is 6.01. The van der Waals surface area contributed by atoms with E-state index in [2.05, 4.69) is 18.9 Å². The van der Waals surface area contributed by atoms with E-state index in [0.29, 0.717) is 6.79 Å². The molecule has 3 heteroatoms. The number of rotatable bonds is 6. The minimum absolute atomic E-state index is 0.400. The molecule has 0 unspecified atom stereocenters. The van der Waals surface area contributed by atoms with Gasteiger partial charge in [0.2, 0.25) is 0 Å². The summed E-state index contributed by atoms with van der Waals surface area (Å²) < 4.78 is 9.81. The molecular formula is C7H17NO2. The van der Waals surface area contributed by atoms with Gasteiger partial charge in [-0.3, -0.25) is 0 Å². The van der Waals surface area contributed by atoms with Crippen molar-refractivity contribution < 1.29 is 9.47 Å². The summed E-state index contributed by atoms with van der Waals surface area (Å²) >= 11 is 0. The van der Waals surface area contributed by atoms with E-state index in [1.807, 2.05) is 0 Å². The Morgan fingerprint density at radius 2 is 2.10 bits per heavy atom. The van der Waals surface area contributed by atoms with Gasteiger partial charge < -0.3 is 14.4 Å². The topological polar surface area (TPSA) is 21.7 Å². The van der Waals surface area contributed by atoms with Gasteiger partial charge in [0.15, 0.2) is 0 Å². The molecule has 0 amide bonds. The number of nitrogens with zero attached hydrogens (tertiary/aromatic N) is 1. The Bertz CT molecular complexity index is 68.6. The van der Waals surface area contributed by atoms with E-state index in [0.717, 1.165) is 19.7 Å². The second-order valence-corrected chi connectivity index (χ2v) is 2.21. The monoisotopic (exact) mass is 147 g/mol. The van der Waals surface area contributed by atoms with Gasteiger partial charge in [-0.25, -0.2) is 0 Å². The summed E-state index contributed by atoms with van der Waals surface area (Å²) in [4.78, 5) is 2.19. The Labute approximate surface area is 62.9 Å². The van der Waals surface area contributed by atoms with Crippen LogP contribution in [0, 0.1) is 0 Å². The van der Waals surface area contributed by atoms with Crippen LogP contribution in [0.3, 0.4) is 0 Å². The molecule has 0 bridgehead atoms. The van der Waals surface area contributed by atoms with E-state index >= 15 is 0 Å². The highest BCUT2D eigenvalue weighted by Gasteiger charge is 1.92. The number of ether oxygens (including phenoxy) is 2. The Hall–Kier alpha value is -0.120. The lowest BCUT2D eigenvalue weighted by Crippen LogP contribution is -2.22. The molecule has 0 saturated carbocycles. The quantitative estimate of drug-likeness (QED) is 0.405. The first-order chi connectivity index (χ1) is 4.81. The summed E-state index contributed by atoms with van der Waals surface area (Å²) in [6.07, 6.45) is 0. The molecule has 0 heterocycles. The summed E-state index contributed by atoms with van der Waals surface area (Å²) in [6.45, 7) is 5.31. The number of methoxy groups -OCH3 is 1. The molecule has 0 aliphatic rings. The standard InChI is InChI=1S/C7H17NO2/c1-4-8(2)5-6-10-7-9-3/h4-7H2,1-3H3. The summed E-state index contributed by atoms with van der Waals surface area (Å²) in [5, 5.41) is 0. The Kier molecular flexibility index (Phi) is 6.91. The van der Waals surface area contributed by atoms with Crippen LogP contribution < -0.4 is 0 Å². The van der Waals surface area contributed by atoms with Crippen LogP contribution in [-0.2, 0) is 9.47 Å². The Morgan fingerprint density at radius 1 is 1.40 bits per heavy atom. The maximum absolute atomic E-state index is 5.09. The van der Waals surface area contributed by atoms with Crippen LogP contribution >= 0.6 is 0 Å². The van der Waals surface area contributed by atoms with Gasteiger partial charge in [0.1, 0.15) is 6.79 Å². The Morgan fingerprint density at radius 3 is 2.60 bits per heavy atom. The summed E-state index contributed by atoms with van der Waals surface area (Å²) in [6, 6.07) is 0. The zero-order chi connectivity index (χ0) is 7.82. The van der Waals surface area contributed by atoms with E-state index in [1.165, 1.54) is 0 Å². The molecule has 0 spiro atoms. The van der Waals surface area contributed by atoms with Crippen LogP contribution in [0.4, 0.5) is 0 Å². The van der Waals surface area contributed by atoms with E-state index in [9.17, 15) is 0 Å². The molecule has 0 radical (unpaired) electrons. The second-order valence-electron chi connectivity index (χ2n) is 2.21. The number of likely N-dealkylation sites (N-methyl/N-ethyl adjacent to an activating group) is 1. The van der Waals surface area contributed by atoms with Gasteiger partial charge >= 0.3 is 0 Å². The minimum Gasteiger partial charge on any atom is -0.359 e. The molecule has 10 heavy (non-hydrogen) atoms. The second kappa shape index (κ2) is 6.99. The van der Waals surface area contributed by atoms with Crippen molar-refractivity contribution in [3.63, 3.8) is 0 Å². The highest BCUT2D eigenvalue weighted by molar-refractivity contribution is 4.43. The fourth-order valence-corrected chi connectivity index (χ4v) is 0.521. The van der Waals surface area contributed by atoms with Crippen LogP contribution in [0.2, 0.25) is 0 Å². The molecule has 0 fully saturated rings. The zero-order valence-electron chi connectivity index (χ0n) is 7.09. The van der Waals surface area contributed by atoms with Gasteiger partial charge in [-0.1, -0.05) is 6.92 Å². The predicted molar refractivity (Wildman–Crippen MR) is 41.0 cm³/mol. The predicted octanol–water partition coefficient (Wildman–Crippen LogP) is 0.559. The highest BCUT2D eigenvalue weighted by atomic mass is 16.7. The van der Waals surface area contributed by atoms with Gasteiger partial charge in [0.25, 0.3) is 0 Å². The van der Waals surface area contributed by atoms with Crippen molar-refractivity contribution in [3.8, 4) is 0 Å². The van der Waals surface area contributed by atoms with Crippen molar-refractivity contribution in [1.29, 1.82) is 0 Å². The lowest BCUT2D eigenvalue weighted by Gasteiger charge is -2.12. The molecule has 62 valence electrons. The van der Waals surface area contributed by atoms with Crippen molar-refractivity contribution in [1.82, 2.24) is 4.90 Å². The van der Waals surface area contributed by atoms with Crippen molar-refractivity contribution in [2.24, 2.45) is 0 Å². The van der Waals surface area contributed by atoms with Gasteiger partial charge in [0, 0.05) is 13.7 Å². The largest absolute Gasteiger partial charge is 0.359 e.